The quantitative estimate of drug-likeness (QED) is 0.123. The van der Waals surface area contributed by atoms with Gasteiger partial charge in [-0.05, 0) is 48.4 Å². The SMILES string of the molecule is COc1cncc(COC(=O)NC(C(=O)N[C@@H](Cc2ccccc2)C[C@H](O)[C@H](Cc2ccccc2)NC(=O)OCc2cccnc2)C(C)C)c1. The van der Waals surface area contributed by atoms with E-state index in [-0.39, 0.29) is 25.6 Å². The molecule has 12 nitrogen and oxygen atoms in total. The Balaban J connectivity index is 1.45. The number of amides is 3. The van der Waals surface area contributed by atoms with Crippen molar-refractivity contribution in [1.82, 2.24) is 25.9 Å². The van der Waals surface area contributed by atoms with Crippen molar-refractivity contribution in [1.29, 1.82) is 0 Å². The molecule has 0 aliphatic rings. The number of hydrogen-bond donors (Lipinski definition) is 4. The van der Waals surface area contributed by atoms with Crippen LogP contribution in [0.25, 0.3) is 0 Å². The Morgan fingerprint density at radius 3 is 1.94 bits per heavy atom. The van der Waals surface area contributed by atoms with Gasteiger partial charge in [-0.15, -0.1) is 0 Å². The highest BCUT2D eigenvalue weighted by atomic mass is 16.6. The van der Waals surface area contributed by atoms with Crippen molar-refractivity contribution in [2.45, 2.75) is 70.6 Å². The van der Waals surface area contributed by atoms with Crippen LogP contribution < -0.4 is 20.7 Å². The lowest BCUT2D eigenvalue weighted by Gasteiger charge is -2.30. The minimum atomic E-state index is -1.08. The Kier molecular flexibility index (Phi) is 14.6. The van der Waals surface area contributed by atoms with Crippen LogP contribution in [-0.4, -0.2) is 64.5 Å². The summed E-state index contributed by atoms with van der Waals surface area (Å²) in [5, 5.41) is 20.2. The van der Waals surface area contributed by atoms with E-state index in [1.165, 1.54) is 7.11 Å². The molecule has 264 valence electrons. The first-order valence-corrected chi connectivity index (χ1v) is 16.5. The van der Waals surface area contributed by atoms with E-state index in [9.17, 15) is 19.5 Å². The van der Waals surface area contributed by atoms with Gasteiger partial charge in [0.05, 0.1) is 25.5 Å². The molecule has 3 amide bonds. The van der Waals surface area contributed by atoms with Crippen LogP contribution in [0.1, 0.15) is 42.5 Å². The van der Waals surface area contributed by atoms with E-state index < -0.39 is 42.3 Å². The molecule has 0 saturated carbocycles. The molecule has 0 fully saturated rings. The smallest absolute Gasteiger partial charge is 0.408 e. The zero-order valence-corrected chi connectivity index (χ0v) is 28.5. The van der Waals surface area contributed by atoms with Gasteiger partial charge in [-0.2, -0.15) is 0 Å². The molecule has 0 aliphatic heterocycles. The van der Waals surface area contributed by atoms with Gasteiger partial charge in [0.2, 0.25) is 5.91 Å². The number of aliphatic hydroxyl groups excluding tert-OH is 1. The summed E-state index contributed by atoms with van der Waals surface area (Å²) in [6, 6.07) is 22.1. The van der Waals surface area contributed by atoms with E-state index in [0.29, 0.717) is 24.2 Å². The van der Waals surface area contributed by atoms with Crippen LogP contribution in [0.4, 0.5) is 9.59 Å². The summed E-state index contributed by atoms with van der Waals surface area (Å²) in [5.74, 6) is -0.192. The molecule has 2 aromatic carbocycles. The first kappa shape index (κ1) is 37.3. The lowest BCUT2D eigenvalue weighted by atomic mass is 9.93. The predicted molar refractivity (Wildman–Crippen MR) is 187 cm³/mol. The summed E-state index contributed by atoms with van der Waals surface area (Å²) < 4.78 is 16.0. The highest BCUT2D eigenvalue weighted by molar-refractivity contribution is 5.86. The largest absolute Gasteiger partial charge is 0.495 e. The Morgan fingerprint density at radius 1 is 0.720 bits per heavy atom. The molecule has 0 radical (unpaired) electrons. The van der Waals surface area contributed by atoms with Gasteiger partial charge in [-0.25, -0.2) is 9.59 Å². The van der Waals surface area contributed by atoms with Gasteiger partial charge >= 0.3 is 12.2 Å². The molecule has 0 bridgehead atoms. The fourth-order valence-electron chi connectivity index (χ4n) is 5.32. The van der Waals surface area contributed by atoms with Gasteiger partial charge < -0.3 is 35.3 Å². The standard InChI is InChI=1S/C38H45N5O7/c1-26(2)35(43-38(47)50-25-30-18-32(48-3)23-40-22-30)36(45)41-31(17-27-11-6-4-7-12-27)20-34(44)33(19-28-13-8-5-9-14-28)42-37(46)49-24-29-15-10-16-39-21-29/h4-16,18,21-23,26,31,33-35,44H,17,19-20,24-25H2,1-3H3,(H,41,45)(H,42,46)(H,43,47)/t31-,33-,34-,35?/m0/s1. The van der Waals surface area contributed by atoms with Crippen LogP contribution in [0.5, 0.6) is 5.75 Å². The van der Waals surface area contributed by atoms with E-state index >= 15 is 0 Å². The number of carbonyl (C=O) groups excluding carboxylic acids is 3. The van der Waals surface area contributed by atoms with Crippen LogP contribution in [-0.2, 0) is 40.3 Å². The highest BCUT2D eigenvalue weighted by Crippen LogP contribution is 2.16. The van der Waals surface area contributed by atoms with Crippen molar-refractivity contribution in [2.24, 2.45) is 5.92 Å². The third-order valence-electron chi connectivity index (χ3n) is 7.95. The number of nitrogens with one attached hydrogen (secondary N) is 3. The monoisotopic (exact) mass is 683 g/mol. The fraction of sp³-hybridized carbons (Fsp3) is 0.342. The number of nitrogens with zero attached hydrogens (tertiary/aromatic N) is 2. The van der Waals surface area contributed by atoms with Gasteiger partial charge in [-0.3, -0.25) is 14.8 Å². The molecule has 2 aromatic heterocycles. The van der Waals surface area contributed by atoms with Crippen molar-refractivity contribution >= 4 is 18.1 Å². The molecular weight excluding hydrogens is 638 g/mol. The molecule has 4 aromatic rings. The van der Waals surface area contributed by atoms with Gasteiger partial charge in [0.25, 0.3) is 0 Å². The number of carbonyl (C=O) groups is 3. The second kappa shape index (κ2) is 19.5. The summed E-state index contributed by atoms with van der Waals surface area (Å²) in [6.45, 7) is 3.58. The number of benzene rings is 2. The molecule has 4 N–H and O–H groups in total. The maximum absolute atomic E-state index is 13.7. The molecule has 12 heteroatoms. The summed E-state index contributed by atoms with van der Waals surface area (Å²) in [6.07, 6.45) is 4.62. The number of alkyl carbamates (subject to hydrolysis) is 2. The van der Waals surface area contributed by atoms with Gasteiger partial charge in [0.15, 0.2) is 0 Å². The second-order valence-electron chi connectivity index (χ2n) is 12.3. The third kappa shape index (κ3) is 12.5. The van der Waals surface area contributed by atoms with E-state index in [1.807, 2.05) is 74.5 Å². The lowest BCUT2D eigenvalue weighted by molar-refractivity contribution is -0.125. The van der Waals surface area contributed by atoms with Crippen molar-refractivity contribution in [3.05, 3.63) is 126 Å². The molecule has 0 saturated heterocycles. The second-order valence-corrected chi connectivity index (χ2v) is 12.3. The Morgan fingerprint density at radius 2 is 1.32 bits per heavy atom. The normalized spacial score (nSPS) is 13.3. The van der Waals surface area contributed by atoms with E-state index in [0.717, 1.165) is 16.7 Å². The van der Waals surface area contributed by atoms with E-state index in [4.69, 9.17) is 14.2 Å². The van der Waals surface area contributed by atoms with Crippen LogP contribution in [0.15, 0.2) is 104 Å². The molecule has 4 rings (SSSR count). The molecule has 1 unspecified atom stereocenters. The number of rotatable bonds is 17. The average molecular weight is 684 g/mol. The number of aromatic nitrogens is 2. The highest BCUT2D eigenvalue weighted by Gasteiger charge is 2.30. The van der Waals surface area contributed by atoms with Crippen LogP contribution in [0, 0.1) is 5.92 Å². The number of aliphatic hydroxyl groups is 1. The molecule has 2 heterocycles. The first-order chi connectivity index (χ1) is 24.2. The lowest BCUT2D eigenvalue weighted by Crippen LogP contribution is -2.54. The molecule has 0 spiro atoms. The van der Waals surface area contributed by atoms with Crippen LogP contribution in [0.3, 0.4) is 0 Å². The van der Waals surface area contributed by atoms with E-state index in [2.05, 4.69) is 25.9 Å². The summed E-state index contributed by atoms with van der Waals surface area (Å²) in [5.41, 5.74) is 3.19. The molecule has 4 atom stereocenters. The number of methoxy groups -OCH3 is 1. The minimum Gasteiger partial charge on any atom is -0.495 e. The third-order valence-corrected chi connectivity index (χ3v) is 7.95. The van der Waals surface area contributed by atoms with Crippen LogP contribution >= 0.6 is 0 Å². The number of pyridine rings is 2. The number of hydrogen-bond acceptors (Lipinski definition) is 9. The van der Waals surface area contributed by atoms with Gasteiger partial charge in [-0.1, -0.05) is 80.6 Å². The van der Waals surface area contributed by atoms with Crippen molar-refractivity contribution in [2.75, 3.05) is 7.11 Å². The Labute approximate surface area is 292 Å². The van der Waals surface area contributed by atoms with E-state index in [1.54, 1.807) is 43.0 Å². The Bertz CT molecular complexity index is 1630. The summed E-state index contributed by atoms with van der Waals surface area (Å²) >= 11 is 0. The van der Waals surface area contributed by atoms with Gasteiger partial charge in [0, 0.05) is 35.8 Å². The predicted octanol–water partition coefficient (Wildman–Crippen LogP) is 4.75. The summed E-state index contributed by atoms with van der Waals surface area (Å²) in [4.78, 5) is 47.6. The molecule has 50 heavy (non-hydrogen) atoms. The molecule has 0 aliphatic carbocycles. The van der Waals surface area contributed by atoms with Gasteiger partial charge in [0.1, 0.15) is 25.0 Å². The zero-order valence-electron chi connectivity index (χ0n) is 28.5. The topological polar surface area (TPSA) is 161 Å². The average Bonchev–Trinajstić information content (AvgIpc) is 3.13. The zero-order chi connectivity index (χ0) is 35.7. The maximum Gasteiger partial charge on any atom is 0.408 e. The van der Waals surface area contributed by atoms with Crippen molar-refractivity contribution < 1.29 is 33.7 Å². The molecular formula is C38H45N5O7. The maximum atomic E-state index is 13.7. The number of ether oxygens (including phenoxy) is 3. The van der Waals surface area contributed by atoms with Crippen molar-refractivity contribution in [3.8, 4) is 5.75 Å². The summed E-state index contributed by atoms with van der Waals surface area (Å²) in [7, 11) is 1.52. The van der Waals surface area contributed by atoms with Crippen molar-refractivity contribution in [3.63, 3.8) is 0 Å². The van der Waals surface area contributed by atoms with Crippen LogP contribution in [0.2, 0.25) is 0 Å². The fourth-order valence-corrected chi connectivity index (χ4v) is 5.32. The Hall–Kier alpha value is -5.49. The minimum absolute atomic E-state index is 0.0168. The first-order valence-electron chi connectivity index (χ1n) is 16.5.